The van der Waals surface area contributed by atoms with E-state index < -0.39 is 0 Å². The Morgan fingerprint density at radius 1 is 1.25 bits per heavy atom. The monoisotopic (exact) mass is 449 g/mol. The van der Waals surface area contributed by atoms with Crippen molar-refractivity contribution in [3.8, 4) is 0 Å². The van der Waals surface area contributed by atoms with Crippen molar-refractivity contribution in [2.75, 3.05) is 5.43 Å². The number of nitrogens with zero attached hydrogens (tertiary/aromatic N) is 3. The number of fused-ring (bicyclic) bond motifs is 1. The third-order valence-electron chi connectivity index (χ3n) is 5.72. The van der Waals surface area contributed by atoms with E-state index in [-0.39, 0.29) is 11.3 Å². The van der Waals surface area contributed by atoms with Gasteiger partial charge in [-0.2, -0.15) is 0 Å². The quantitative estimate of drug-likeness (QED) is 0.318. The lowest BCUT2D eigenvalue weighted by atomic mass is 9.72. The van der Waals surface area contributed by atoms with Gasteiger partial charge in [-0.1, -0.05) is 67.6 Å². The van der Waals surface area contributed by atoms with E-state index in [0.29, 0.717) is 15.8 Å². The highest BCUT2D eigenvalue weighted by Crippen LogP contribution is 2.40. The van der Waals surface area contributed by atoms with Crippen LogP contribution in [0.2, 0.25) is 0 Å². The molecule has 7 heteroatoms. The summed E-state index contributed by atoms with van der Waals surface area (Å²) in [6.45, 7) is 10.9. The number of carbonyl (C=O) groups excluding carboxylic acids is 1. The minimum atomic E-state index is -0.259. The van der Waals surface area contributed by atoms with Gasteiger partial charge in [0.1, 0.15) is 11.8 Å². The Balaban J connectivity index is 1.63. The maximum absolute atomic E-state index is 12.4. The van der Waals surface area contributed by atoms with Crippen LogP contribution >= 0.6 is 12.2 Å². The summed E-state index contributed by atoms with van der Waals surface area (Å²) in [7, 11) is 0. The van der Waals surface area contributed by atoms with E-state index in [4.69, 9.17) is 12.2 Å². The van der Waals surface area contributed by atoms with Crippen molar-refractivity contribution >= 4 is 29.3 Å². The Morgan fingerprint density at radius 2 is 2.03 bits per heavy atom. The lowest BCUT2D eigenvalue weighted by Gasteiger charge is -2.32. The first-order valence-electron chi connectivity index (χ1n) is 10.8. The van der Waals surface area contributed by atoms with Crippen molar-refractivity contribution in [1.29, 1.82) is 0 Å². The largest absolute Gasteiger partial charge is 0.329 e. The maximum Gasteiger partial charge on any atom is 0.263 e. The predicted octanol–water partition coefficient (Wildman–Crippen LogP) is 6.09. The first-order valence-corrected chi connectivity index (χ1v) is 11.2. The number of carbonyl (C=O) groups is 1. The van der Waals surface area contributed by atoms with Crippen LogP contribution in [0.4, 0.5) is 0 Å². The molecular weight excluding hydrogens is 418 g/mol. The van der Waals surface area contributed by atoms with E-state index in [1.54, 1.807) is 0 Å². The van der Waals surface area contributed by atoms with Crippen molar-refractivity contribution in [3.05, 3.63) is 76.0 Å². The third kappa shape index (κ3) is 5.79. The first kappa shape index (κ1) is 23.6. The second-order valence-electron chi connectivity index (χ2n) is 8.92. The van der Waals surface area contributed by atoms with Gasteiger partial charge in [0.15, 0.2) is 10.3 Å². The van der Waals surface area contributed by atoms with Crippen LogP contribution in [-0.2, 0) is 4.79 Å². The number of hydrogen-bond donors (Lipinski definition) is 2. The SMILES string of the molecule is CC1=C(/C=C/C(C)=C/C=C/C(C)=C/C(=O)Nn2cnc3c(=S)nc[nH]c32)C(C)(C)CCC1. The van der Waals surface area contributed by atoms with E-state index in [2.05, 4.69) is 60.2 Å². The molecule has 1 aliphatic carbocycles. The minimum absolute atomic E-state index is 0.239. The number of imidazole rings is 1. The van der Waals surface area contributed by atoms with Crippen molar-refractivity contribution in [2.45, 2.75) is 53.9 Å². The Labute approximate surface area is 194 Å². The molecule has 0 unspecified atom stereocenters. The molecule has 0 radical (unpaired) electrons. The lowest BCUT2D eigenvalue weighted by Crippen LogP contribution is -2.20. The zero-order valence-electron chi connectivity index (χ0n) is 19.4. The Morgan fingerprint density at radius 3 is 2.78 bits per heavy atom. The second kappa shape index (κ2) is 10.0. The molecule has 0 saturated carbocycles. The van der Waals surface area contributed by atoms with E-state index in [0.717, 1.165) is 11.1 Å². The van der Waals surface area contributed by atoms with Crippen molar-refractivity contribution in [2.24, 2.45) is 5.41 Å². The molecular formula is C25H31N5OS. The molecule has 1 amide bonds. The van der Waals surface area contributed by atoms with Gasteiger partial charge in [-0.25, -0.2) is 14.6 Å². The van der Waals surface area contributed by atoms with Gasteiger partial charge in [0, 0.05) is 6.08 Å². The molecule has 6 nitrogen and oxygen atoms in total. The fraction of sp³-hybridized carbons (Fsp3) is 0.360. The lowest BCUT2D eigenvalue weighted by molar-refractivity contribution is -0.112. The summed E-state index contributed by atoms with van der Waals surface area (Å²) in [5, 5.41) is 0. The summed E-state index contributed by atoms with van der Waals surface area (Å²) in [5.41, 5.74) is 9.08. The van der Waals surface area contributed by atoms with Crippen LogP contribution in [0.5, 0.6) is 0 Å². The van der Waals surface area contributed by atoms with Gasteiger partial charge < -0.3 is 4.98 Å². The summed E-state index contributed by atoms with van der Waals surface area (Å²) < 4.78 is 1.89. The molecule has 0 aliphatic heterocycles. The molecule has 2 aromatic rings. The van der Waals surface area contributed by atoms with Gasteiger partial charge in [0.25, 0.3) is 5.91 Å². The number of nitrogens with one attached hydrogen (secondary N) is 2. The van der Waals surface area contributed by atoms with Crippen LogP contribution in [0, 0.1) is 10.1 Å². The van der Waals surface area contributed by atoms with Gasteiger partial charge in [-0.15, -0.1) is 0 Å². The predicted molar refractivity (Wildman–Crippen MR) is 133 cm³/mol. The molecule has 0 bridgehead atoms. The number of aromatic amines is 1. The minimum Gasteiger partial charge on any atom is -0.329 e. The number of amides is 1. The van der Waals surface area contributed by atoms with Gasteiger partial charge in [0.2, 0.25) is 0 Å². The summed E-state index contributed by atoms with van der Waals surface area (Å²) in [6, 6.07) is 0. The summed E-state index contributed by atoms with van der Waals surface area (Å²) in [4.78, 5) is 23.5. The smallest absolute Gasteiger partial charge is 0.263 e. The van der Waals surface area contributed by atoms with E-state index >= 15 is 0 Å². The second-order valence-corrected chi connectivity index (χ2v) is 9.31. The molecule has 2 aromatic heterocycles. The molecule has 1 aliphatic rings. The molecule has 0 saturated heterocycles. The Bertz CT molecular complexity index is 1220. The molecule has 2 heterocycles. The fourth-order valence-electron chi connectivity index (χ4n) is 3.98. The zero-order valence-corrected chi connectivity index (χ0v) is 20.2. The van der Waals surface area contributed by atoms with Crippen LogP contribution in [0.1, 0.15) is 53.9 Å². The maximum atomic E-state index is 12.4. The van der Waals surface area contributed by atoms with Crippen LogP contribution in [0.3, 0.4) is 0 Å². The standard InChI is InChI=1S/C25H31N5OS/c1-17(11-12-20-19(3)10-7-13-25(20,4)5)8-6-9-18(2)14-21(31)29-30-16-28-22-23(30)26-15-27-24(22)32/h6,8-9,11-12,14-16H,7,10,13H2,1-5H3,(H,29,31)(H,26,27,32)/b9-6+,12-11+,17-8+,18-14+. The van der Waals surface area contributed by atoms with Crippen LogP contribution in [0.15, 0.2) is 71.4 Å². The molecule has 0 aromatic carbocycles. The van der Waals surface area contributed by atoms with Crippen LogP contribution < -0.4 is 5.43 Å². The van der Waals surface area contributed by atoms with Gasteiger partial charge >= 0.3 is 0 Å². The molecule has 0 spiro atoms. The highest BCUT2D eigenvalue weighted by Gasteiger charge is 2.26. The molecule has 2 N–H and O–H groups in total. The number of H-pyrrole nitrogens is 1. The Hall–Kier alpha value is -3.06. The van der Waals surface area contributed by atoms with Crippen LogP contribution in [0.25, 0.3) is 11.2 Å². The fourth-order valence-corrected chi connectivity index (χ4v) is 4.18. The first-order chi connectivity index (χ1) is 15.2. The molecule has 168 valence electrons. The summed E-state index contributed by atoms with van der Waals surface area (Å²) in [6.07, 6.45) is 18.6. The van der Waals surface area contributed by atoms with Gasteiger partial charge in [-0.3, -0.25) is 10.2 Å². The Kier molecular flexibility index (Phi) is 7.40. The molecule has 3 rings (SSSR count). The molecule has 0 fully saturated rings. The van der Waals surface area contributed by atoms with Crippen molar-refractivity contribution < 1.29 is 4.79 Å². The van der Waals surface area contributed by atoms with Crippen LogP contribution in [-0.4, -0.2) is 25.5 Å². The highest BCUT2D eigenvalue weighted by atomic mass is 32.1. The third-order valence-corrected chi connectivity index (χ3v) is 6.01. The molecule has 0 atom stereocenters. The van der Waals surface area contributed by atoms with Gasteiger partial charge in [-0.05, 0) is 56.6 Å². The van der Waals surface area contributed by atoms with Crippen molar-refractivity contribution in [1.82, 2.24) is 19.6 Å². The van der Waals surface area contributed by atoms with Crippen molar-refractivity contribution in [3.63, 3.8) is 0 Å². The number of rotatable bonds is 6. The average molecular weight is 450 g/mol. The number of allylic oxidation sites excluding steroid dienone is 9. The molecule has 32 heavy (non-hydrogen) atoms. The normalized spacial score (nSPS) is 17.7. The zero-order chi connectivity index (χ0) is 23.3. The number of aromatic nitrogens is 4. The summed E-state index contributed by atoms with van der Waals surface area (Å²) >= 11 is 5.14. The van der Waals surface area contributed by atoms with Gasteiger partial charge in [0.05, 0.1) is 6.33 Å². The van der Waals surface area contributed by atoms with E-state index in [9.17, 15) is 4.79 Å². The highest BCUT2D eigenvalue weighted by molar-refractivity contribution is 7.71. The number of hydrogen-bond acceptors (Lipinski definition) is 4. The van der Waals surface area contributed by atoms with E-state index in [1.165, 1.54) is 53.8 Å². The van der Waals surface area contributed by atoms with E-state index in [1.807, 2.05) is 25.2 Å². The summed E-state index contributed by atoms with van der Waals surface area (Å²) in [5.74, 6) is -0.259. The average Bonchev–Trinajstić information content (AvgIpc) is 3.11. The topological polar surface area (TPSA) is 75.6 Å².